The number of H-pyrrole nitrogens is 1. The van der Waals surface area contributed by atoms with E-state index in [1.807, 2.05) is 82.3 Å². The Balaban J connectivity index is 0.906. The molecule has 0 aliphatic heterocycles. The summed E-state index contributed by atoms with van der Waals surface area (Å²) in [6.45, 7) is 8.49. The molecule has 0 radical (unpaired) electrons. The molecule has 0 spiro atoms. The van der Waals surface area contributed by atoms with Crippen molar-refractivity contribution in [3.63, 3.8) is 0 Å². The van der Waals surface area contributed by atoms with E-state index in [2.05, 4.69) is 51.7 Å². The van der Waals surface area contributed by atoms with Crippen LogP contribution in [-0.2, 0) is 30.9 Å². The molecule has 3 N–H and O–H groups in total. The number of anilines is 2. The van der Waals surface area contributed by atoms with Gasteiger partial charge >= 0.3 is 0 Å². The number of nitrogens with one attached hydrogen (secondary N) is 3. The maximum absolute atomic E-state index is 13.3. The number of nitrogens with zero attached hydrogens (tertiary/aromatic N) is 7. The molecule has 4 aromatic heterocycles. The molecule has 0 amide bonds. The number of benzene rings is 4. The number of hydrogen-bond donors (Lipinski definition) is 3. The second-order valence-electron chi connectivity index (χ2n) is 17.7. The number of aromatic amines is 1. The van der Waals surface area contributed by atoms with Crippen LogP contribution in [0.4, 0.5) is 11.8 Å². The van der Waals surface area contributed by atoms with Gasteiger partial charge in [0.1, 0.15) is 36.6 Å². The Bertz CT molecular complexity index is 3720. The van der Waals surface area contributed by atoms with E-state index in [1.165, 1.54) is 12.4 Å². The molecular formula is C51H44Cl4N10O6S2. The van der Waals surface area contributed by atoms with Crippen molar-refractivity contribution in [1.82, 2.24) is 30.1 Å². The number of sulfonamides is 2. The standard InChI is InChI=1S/C51H44Cl4N10O6S2/c1-50(2,38-22-33(26-56)45(41(54)24-38)70-17-14-52)36-9-5-30(6-10-36)35-21-32-13-16-58-48(44(32)59-28-35)64-72(66,67)19-20-73(68,69)65-49-60-29-40-43(62-63-47(40)61-49)31-7-11-37(12-8-31)51(3,4)39-23-34(27-57)46(42(55)25-39)71-18-15-53/h5-13,16,21-25,28-29H,14-15,17-20H2,1-4H3,(H,58,64)(H2,60,61,62,63,65). The monoisotopic (exact) mass is 1100 g/mol. The van der Waals surface area contributed by atoms with Crippen LogP contribution in [0.1, 0.15) is 61.1 Å². The van der Waals surface area contributed by atoms with Gasteiger partial charge in [0.25, 0.3) is 0 Å². The van der Waals surface area contributed by atoms with Crippen molar-refractivity contribution in [2.24, 2.45) is 0 Å². The summed E-state index contributed by atoms with van der Waals surface area (Å²) in [5.74, 6) is -0.918. The smallest absolute Gasteiger partial charge is 0.238 e. The number of ether oxygens (including phenoxy) is 2. The lowest BCUT2D eigenvalue weighted by molar-refractivity contribution is 0.341. The van der Waals surface area contributed by atoms with Crippen molar-refractivity contribution >= 4 is 100 Å². The maximum atomic E-state index is 13.3. The van der Waals surface area contributed by atoms with Gasteiger partial charge in [0.05, 0.1) is 49.8 Å². The number of alkyl halides is 2. The highest BCUT2D eigenvalue weighted by molar-refractivity contribution is 7.96. The molecule has 8 aromatic rings. The van der Waals surface area contributed by atoms with E-state index in [0.717, 1.165) is 38.9 Å². The fraction of sp³-hybridized carbons (Fsp3) is 0.235. The highest BCUT2D eigenvalue weighted by Gasteiger charge is 2.29. The zero-order valence-corrected chi connectivity index (χ0v) is 44.1. The van der Waals surface area contributed by atoms with Gasteiger partial charge in [0.2, 0.25) is 26.0 Å². The minimum absolute atomic E-state index is 0.0679. The first kappa shape index (κ1) is 52.5. The number of aromatic nitrogens is 6. The first-order valence-electron chi connectivity index (χ1n) is 22.3. The number of fused-ring (bicyclic) bond motifs is 2. The largest absolute Gasteiger partial charge is 0.489 e. The average molecular weight is 1100 g/mol. The fourth-order valence-electron chi connectivity index (χ4n) is 8.09. The second-order valence-corrected chi connectivity index (χ2v) is 23.0. The molecule has 0 aliphatic carbocycles. The average Bonchev–Trinajstić information content (AvgIpc) is 3.80. The summed E-state index contributed by atoms with van der Waals surface area (Å²) in [6, 6.07) is 30.4. The van der Waals surface area contributed by atoms with Crippen LogP contribution >= 0.6 is 46.4 Å². The van der Waals surface area contributed by atoms with Crippen molar-refractivity contribution in [3.8, 4) is 46.0 Å². The first-order chi connectivity index (χ1) is 34.8. The number of hydrogen-bond acceptors (Lipinski definition) is 13. The molecule has 0 unspecified atom stereocenters. The van der Waals surface area contributed by atoms with Gasteiger partial charge in [-0.15, -0.1) is 23.2 Å². The lowest BCUT2D eigenvalue weighted by Crippen LogP contribution is -2.27. The number of nitriles is 2. The van der Waals surface area contributed by atoms with E-state index >= 15 is 0 Å². The number of pyridine rings is 2. The van der Waals surface area contributed by atoms with Gasteiger partial charge in [-0.05, 0) is 64.2 Å². The van der Waals surface area contributed by atoms with Gasteiger partial charge in [0, 0.05) is 45.9 Å². The molecule has 16 nitrogen and oxygen atoms in total. The highest BCUT2D eigenvalue weighted by Crippen LogP contribution is 2.41. The quantitative estimate of drug-likeness (QED) is 0.0640. The molecule has 4 aromatic carbocycles. The highest BCUT2D eigenvalue weighted by atomic mass is 35.5. The molecule has 4 heterocycles. The molecule has 0 bridgehead atoms. The lowest BCUT2D eigenvalue weighted by atomic mass is 9.77. The Morgan fingerprint density at radius 3 is 1.71 bits per heavy atom. The van der Waals surface area contributed by atoms with Crippen LogP contribution in [0.2, 0.25) is 10.0 Å². The van der Waals surface area contributed by atoms with Gasteiger partial charge in [-0.3, -0.25) is 19.5 Å². The van der Waals surface area contributed by atoms with E-state index in [-0.39, 0.29) is 53.7 Å². The molecular weight excluding hydrogens is 1050 g/mol. The molecule has 0 saturated heterocycles. The SMILES string of the molecule is CC(C)(c1ccc(-c2cnc3c(NS(=O)(=O)CCS(=O)(=O)Nc4ncc5c(-c6ccc(C(C)(C)c7cc(Cl)c(OCCCl)c(C#N)c7)cc6)n[nH]c5n4)nccc3c2)cc1)c1cc(Cl)c(OCCCl)c(C#N)c1. The Hall–Kier alpha value is -6.77. The predicted molar refractivity (Wildman–Crippen MR) is 286 cm³/mol. The van der Waals surface area contributed by atoms with Crippen molar-refractivity contribution in [3.05, 3.63) is 147 Å². The van der Waals surface area contributed by atoms with Crippen LogP contribution in [0.3, 0.4) is 0 Å². The van der Waals surface area contributed by atoms with Gasteiger partial charge in [0.15, 0.2) is 23.0 Å². The molecule has 8 rings (SSSR count). The maximum Gasteiger partial charge on any atom is 0.238 e. The van der Waals surface area contributed by atoms with Crippen LogP contribution < -0.4 is 18.9 Å². The summed E-state index contributed by atoms with van der Waals surface area (Å²) in [5.41, 5.74) is 6.32. The van der Waals surface area contributed by atoms with Crippen molar-refractivity contribution < 1.29 is 26.3 Å². The Labute approximate surface area is 441 Å². The summed E-state index contributed by atoms with van der Waals surface area (Å²) < 4.78 is 69.0. The van der Waals surface area contributed by atoms with Crippen LogP contribution in [0.15, 0.2) is 104 Å². The topological polar surface area (TPSA) is 239 Å². The number of halogens is 4. The minimum atomic E-state index is -4.28. The summed E-state index contributed by atoms with van der Waals surface area (Å²) >= 11 is 24.7. The van der Waals surface area contributed by atoms with Crippen LogP contribution in [-0.4, -0.2) is 83.4 Å². The van der Waals surface area contributed by atoms with Crippen LogP contribution in [0, 0.1) is 22.7 Å². The van der Waals surface area contributed by atoms with Gasteiger partial charge in [-0.2, -0.15) is 20.6 Å². The zero-order valence-electron chi connectivity index (χ0n) is 39.5. The fourth-order valence-corrected chi connectivity index (χ4v) is 11.6. The third kappa shape index (κ3) is 11.4. The first-order valence-corrected chi connectivity index (χ1v) is 27.4. The van der Waals surface area contributed by atoms with E-state index in [9.17, 15) is 27.4 Å². The van der Waals surface area contributed by atoms with Gasteiger partial charge in [-0.25, -0.2) is 26.8 Å². The van der Waals surface area contributed by atoms with Gasteiger partial charge in [-0.1, -0.05) is 99.4 Å². The molecule has 0 saturated carbocycles. The van der Waals surface area contributed by atoms with Crippen molar-refractivity contribution in [2.45, 2.75) is 38.5 Å². The summed E-state index contributed by atoms with van der Waals surface area (Å²) in [7, 11) is -8.54. The molecule has 0 atom stereocenters. The third-order valence-electron chi connectivity index (χ3n) is 12.3. The van der Waals surface area contributed by atoms with Crippen molar-refractivity contribution in [2.75, 3.05) is 45.9 Å². The summed E-state index contributed by atoms with van der Waals surface area (Å²) in [6.07, 6.45) is 4.44. The second kappa shape index (κ2) is 21.4. The van der Waals surface area contributed by atoms with E-state index < -0.39 is 42.4 Å². The van der Waals surface area contributed by atoms with Crippen molar-refractivity contribution in [1.29, 1.82) is 10.5 Å². The molecule has 374 valence electrons. The minimum Gasteiger partial charge on any atom is -0.489 e. The molecule has 0 fully saturated rings. The van der Waals surface area contributed by atoms with E-state index in [1.54, 1.807) is 36.5 Å². The van der Waals surface area contributed by atoms with Gasteiger partial charge < -0.3 is 9.47 Å². The normalized spacial score (nSPS) is 12.1. The molecule has 73 heavy (non-hydrogen) atoms. The Morgan fingerprint density at radius 1 is 0.644 bits per heavy atom. The Morgan fingerprint density at radius 2 is 1.18 bits per heavy atom. The summed E-state index contributed by atoms with van der Waals surface area (Å²) in [5, 5.41) is 28.6. The third-order valence-corrected chi connectivity index (χ3v) is 15.9. The van der Waals surface area contributed by atoms with E-state index in [4.69, 9.17) is 55.9 Å². The predicted octanol–water partition coefficient (Wildman–Crippen LogP) is 10.8. The molecule has 0 aliphatic rings. The zero-order chi connectivity index (χ0) is 52.3. The lowest BCUT2D eigenvalue weighted by Gasteiger charge is -2.27. The summed E-state index contributed by atoms with van der Waals surface area (Å²) in [4.78, 5) is 17.2. The van der Waals surface area contributed by atoms with E-state index in [0.29, 0.717) is 43.4 Å². The Kier molecular flexibility index (Phi) is 15.4. The van der Waals surface area contributed by atoms with Crippen LogP contribution in [0.25, 0.3) is 44.3 Å². The van der Waals surface area contributed by atoms with Crippen LogP contribution in [0.5, 0.6) is 11.5 Å². The number of rotatable bonds is 19. The molecule has 22 heteroatoms.